The van der Waals surface area contributed by atoms with E-state index in [0.29, 0.717) is 4.90 Å². The Balaban J connectivity index is 2.65. The number of rotatable bonds is 0. The Labute approximate surface area is 103 Å². The zero-order chi connectivity index (χ0) is 12.8. The molecule has 1 aromatic rings. The molecule has 1 heterocycles. The molecule has 0 bridgehead atoms. The lowest BCUT2D eigenvalue weighted by molar-refractivity contribution is 0.319. The molecule has 3 nitrogen and oxygen atoms in total. The highest BCUT2D eigenvalue weighted by atomic mass is 32.2. The van der Waals surface area contributed by atoms with Crippen LogP contribution in [-0.4, -0.2) is 18.3 Å². The normalized spacial score (nSPS) is 18.0. The van der Waals surface area contributed by atoms with E-state index in [1.54, 1.807) is 12.3 Å². The monoisotopic (exact) mass is 251 g/mol. The quantitative estimate of drug-likeness (QED) is 0.711. The fraction of sp³-hybridized carbons (Fsp3) is 0.385. The molecule has 1 aliphatic rings. The molecule has 0 fully saturated rings. The van der Waals surface area contributed by atoms with E-state index in [1.165, 1.54) is 4.31 Å². The number of sulfonamides is 1. The molecule has 0 aromatic heterocycles. The summed E-state index contributed by atoms with van der Waals surface area (Å²) in [4.78, 5) is 0.389. The molecule has 0 unspecified atom stereocenters. The van der Waals surface area contributed by atoms with Crippen LogP contribution in [0.15, 0.2) is 29.3 Å². The molecular formula is C13H17NO2S. The van der Waals surface area contributed by atoms with E-state index in [0.717, 1.165) is 11.1 Å². The van der Waals surface area contributed by atoms with Gasteiger partial charge in [0.15, 0.2) is 0 Å². The Hall–Kier alpha value is -1.29. The molecule has 0 aliphatic carbocycles. The van der Waals surface area contributed by atoms with Gasteiger partial charge >= 0.3 is 0 Å². The van der Waals surface area contributed by atoms with Gasteiger partial charge in [-0.3, -0.25) is 4.31 Å². The zero-order valence-corrected chi connectivity index (χ0v) is 11.4. The summed E-state index contributed by atoms with van der Waals surface area (Å²) in [6.45, 7) is 7.60. The second kappa shape index (κ2) is 3.60. The minimum Gasteiger partial charge on any atom is -0.268 e. The Morgan fingerprint density at radius 3 is 2.41 bits per heavy atom. The lowest BCUT2D eigenvalue weighted by atomic mass is 10.1. The first-order chi connectivity index (χ1) is 7.73. The smallest absolute Gasteiger partial charge is 0.264 e. The first kappa shape index (κ1) is 12.2. The van der Waals surface area contributed by atoms with E-state index in [4.69, 9.17) is 0 Å². The second-order valence-electron chi connectivity index (χ2n) is 5.33. The second-order valence-corrected chi connectivity index (χ2v) is 7.11. The summed E-state index contributed by atoms with van der Waals surface area (Å²) in [6.07, 6.45) is 3.51. The van der Waals surface area contributed by atoms with E-state index in [1.807, 2.05) is 45.9 Å². The van der Waals surface area contributed by atoms with Crippen LogP contribution in [0.5, 0.6) is 0 Å². The zero-order valence-electron chi connectivity index (χ0n) is 10.6. The number of hydrogen-bond donors (Lipinski definition) is 0. The minimum absolute atomic E-state index is 0.389. The van der Waals surface area contributed by atoms with Crippen LogP contribution in [0, 0.1) is 6.92 Å². The Morgan fingerprint density at radius 2 is 1.82 bits per heavy atom. The molecule has 0 radical (unpaired) electrons. The number of hydrogen-bond acceptors (Lipinski definition) is 2. The van der Waals surface area contributed by atoms with Gasteiger partial charge in [0.2, 0.25) is 0 Å². The maximum absolute atomic E-state index is 12.4. The molecule has 0 spiro atoms. The van der Waals surface area contributed by atoms with Gasteiger partial charge < -0.3 is 0 Å². The molecule has 0 saturated heterocycles. The molecule has 17 heavy (non-hydrogen) atoms. The van der Waals surface area contributed by atoms with Crippen LogP contribution < -0.4 is 0 Å². The topological polar surface area (TPSA) is 37.4 Å². The van der Waals surface area contributed by atoms with Crippen LogP contribution in [0.3, 0.4) is 0 Å². The van der Waals surface area contributed by atoms with Crippen LogP contribution in [0.2, 0.25) is 0 Å². The summed E-state index contributed by atoms with van der Waals surface area (Å²) < 4.78 is 26.3. The summed E-state index contributed by atoms with van der Waals surface area (Å²) in [5, 5.41) is 0. The third-order valence-electron chi connectivity index (χ3n) is 2.75. The molecule has 0 saturated carbocycles. The van der Waals surface area contributed by atoms with Crippen molar-refractivity contribution in [2.24, 2.45) is 0 Å². The number of aryl methyl sites for hydroxylation is 1. The SMILES string of the molecule is Cc1ccc2c(c1)C=CN(C(C)(C)C)S2(=O)=O. The van der Waals surface area contributed by atoms with E-state index < -0.39 is 15.6 Å². The maximum Gasteiger partial charge on any atom is 0.264 e. The van der Waals surface area contributed by atoms with Crippen LogP contribution in [-0.2, 0) is 10.0 Å². The van der Waals surface area contributed by atoms with Crippen LogP contribution in [0.1, 0.15) is 31.9 Å². The van der Waals surface area contributed by atoms with Crippen molar-refractivity contribution in [3.8, 4) is 0 Å². The average molecular weight is 251 g/mol. The maximum atomic E-state index is 12.4. The number of nitrogens with zero attached hydrogens (tertiary/aromatic N) is 1. The summed E-state index contributed by atoms with van der Waals surface area (Å²) in [5.41, 5.74) is 1.39. The van der Waals surface area contributed by atoms with Crippen LogP contribution in [0.25, 0.3) is 6.08 Å². The van der Waals surface area contributed by atoms with E-state index in [-0.39, 0.29) is 0 Å². The Kier molecular flexibility index (Phi) is 2.58. The van der Waals surface area contributed by atoms with Gasteiger partial charge in [-0.15, -0.1) is 0 Å². The molecule has 1 aromatic carbocycles. The number of fused-ring (bicyclic) bond motifs is 1. The predicted molar refractivity (Wildman–Crippen MR) is 69.0 cm³/mol. The minimum atomic E-state index is -3.41. The van der Waals surface area contributed by atoms with Gasteiger partial charge in [0, 0.05) is 11.7 Å². The average Bonchev–Trinajstić information content (AvgIpc) is 2.14. The predicted octanol–water partition coefficient (Wildman–Crippen LogP) is 2.77. The third kappa shape index (κ3) is 1.97. The van der Waals surface area contributed by atoms with E-state index in [2.05, 4.69) is 0 Å². The molecule has 0 atom stereocenters. The highest BCUT2D eigenvalue weighted by Gasteiger charge is 2.34. The van der Waals surface area contributed by atoms with Gasteiger partial charge in [0.25, 0.3) is 10.0 Å². The van der Waals surface area contributed by atoms with Gasteiger partial charge in [-0.2, -0.15) is 0 Å². The summed E-state index contributed by atoms with van der Waals surface area (Å²) in [7, 11) is -3.41. The summed E-state index contributed by atoms with van der Waals surface area (Å²) in [6, 6.07) is 5.40. The summed E-state index contributed by atoms with van der Waals surface area (Å²) >= 11 is 0. The lowest BCUT2D eigenvalue weighted by Crippen LogP contribution is -2.42. The fourth-order valence-corrected chi connectivity index (χ4v) is 3.77. The van der Waals surface area contributed by atoms with E-state index in [9.17, 15) is 8.42 Å². The van der Waals surface area contributed by atoms with Crippen LogP contribution >= 0.6 is 0 Å². The fourth-order valence-electron chi connectivity index (χ4n) is 1.95. The van der Waals surface area contributed by atoms with Crippen molar-refractivity contribution < 1.29 is 8.42 Å². The number of benzene rings is 1. The van der Waals surface area contributed by atoms with Crippen molar-refractivity contribution in [2.75, 3.05) is 0 Å². The molecule has 92 valence electrons. The van der Waals surface area contributed by atoms with Crippen LogP contribution in [0.4, 0.5) is 0 Å². The van der Waals surface area contributed by atoms with Gasteiger partial charge in [-0.25, -0.2) is 8.42 Å². The summed E-state index contributed by atoms with van der Waals surface area (Å²) in [5.74, 6) is 0. The lowest BCUT2D eigenvalue weighted by Gasteiger charge is -2.36. The van der Waals surface area contributed by atoms with Crippen molar-refractivity contribution in [1.82, 2.24) is 4.31 Å². The molecular weight excluding hydrogens is 234 g/mol. The standard InChI is InChI=1S/C13H17NO2S/c1-10-5-6-12-11(9-10)7-8-14(13(2,3)4)17(12,15)16/h5-9H,1-4H3. The molecule has 1 aliphatic heterocycles. The first-order valence-electron chi connectivity index (χ1n) is 5.56. The largest absolute Gasteiger partial charge is 0.268 e. The first-order valence-corrected chi connectivity index (χ1v) is 7.00. The van der Waals surface area contributed by atoms with Crippen molar-refractivity contribution in [3.05, 3.63) is 35.5 Å². The Bertz CT molecular complexity index is 580. The van der Waals surface area contributed by atoms with Gasteiger partial charge in [0.05, 0.1) is 4.90 Å². The molecule has 0 amide bonds. The molecule has 4 heteroatoms. The van der Waals surface area contributed by atoms with Crippen molar-refractivity contribution in [3.63, 3.8) is 0 Å². The molecule has 2 rings (SSSR count). The van der Waals surface area contributed by atoms with Gasteiger partial charge in [-0.05, 0) is 45.4 Å². The Morgan fingerprint density at radius 1 is 1.18 bits per heavy atom. The van der Waals surface area contributed by atoms with Crippen molar-refractivity contribution in [1.29, 1.82) is 0 Å². The van der Waals surface area contributed by atoms with Crippen molar-refractivity contribution >= 4 is 16.1 Å². The highest BCUT2D eigenvalue weighted by molar-refractivity contribution is 7.89. The third-order valence-corrected chi connectivity index (χ3v) is 4.87. The van der Waals surface area contributed by atoms with Crippen molar-refractivity contribution in [2.45, 2.75) is 38.1 Å². The molecule has 0 N–H and O–H groups in total. The van der Waals surface area contributed by atoms with Gasteiger partial charge in [0.1, 0.15) is 0 Å². The van der Waals surface area contributed by atoms with Gasteiger partial charge in [-0.1, -0.05) is 17.7 Å². The van der Waals surface area contributed by atoms with E-state index >= 15 is 0 Å². The highest BCUT2D eigenvalue weighted by Crippen LogP contribution is 2.32.